The Kier molecular flexibility index (Phi) is 5.20. The summed E-state index contributed by atoms with van der Waals surface area (Å²) in [4.78, 5) is 22.7. The number of fused-ring (bicyclic) bond motifs is 1. The Morgan fingerprint density at radius 3 is 2.76 bits per heavy atom. The number of halogens is 1. The molecule has 0 aliphatic carbocycles. The summed E-state index contributed by atoms with van der Waals surface area (Å²) in [6.07, 6.45) is 1.57. The van der Waals surface area contributed by atoms with Crippen molar-refractivity contribution >= 4 is 5.91 Å². The lowest BCUT2D eigenvalue weighted by Crippen LogP contribution is -2.46. The Hall–Kier alpha value is -3.35. The number of benzene rings is 2. The van der Waals surface area contributed by atoms with Crippen molar-refractivity contribution in [2.24, 2.45) is 0 Å². The van der Waals surface area contributed by atoms with E-state index in [1.807, 2.05) is 24.3 Å². The normalized spacial score (nSPS) is 16.8. The average Bonchev–Trinajstić information content (AvgIpc) is 3.21. The van der Waals surface area contributed by atoms with Gasteiger partial charge in [-0.15, -0.1) is 0 Å². The van der Waals surface area contributed by atoms with Crippen LogP contribution in [-0.2, 0) is 11.2 Å². The molecule has 0 fully saturated rings. The molecular formula is C22H22FN3O3. The molecule has 0 saturated heterocycles. The van der Waals surface area contributed by atoms with E-state index in [-0.39, 0.29) is 11.9 Å². The number of carbonyl (C=O) groups excluding carboxylic acids is 1. The maximum Gasteiger partial charge on any atom is 0.264 e. The van der Waals surface area contributed by atoms with Gasteiger partial charge in [0, 0.05) is 24.7 Å². The smallest absolute Gasteiger partial charge is 0.264 e. The van der Waals surface area contributed by atoms with Gasteiger partial charge in [-0.1, -0.05) is 18.2 Å². The zero-order chi connectivity index (χ0) is 20.4. The number of ether oxygens (including phenoxy) is 2. The molecule has 0 saturated carbocycles. The van der Waals surface area contributed by atoms with Crippen LogP contribution in [0, 0.1) is 5.82 Å². The molecule has 3 aromatic rings. The summed E-state index contributed by atoms with van der Waals surface area (Å²) < 4.78 is 24.4. The molecular weight excluding hydrogens is 373 g/mol. The maximum absolute atomic E-state index is 13.5. The molecule has 0 bridgehead atoms. The lowest BCUT2D eigenvalue weighted by Gasteiger charge is -2.36. The minimum atomic E-state index is -0.766. The van der Waals surface area contributed by atoms with E-state index in [1.54, 1.807) is 37.4 Å². The highest BCUT2D eigenvalue weighted by Gasteiger charge is 2.36. The summed E-state index contributed by atoms with van der Waals surface area (Å²) in [5, 5.41) is 0. The van der Waals surface area contributed by atoms with E-state index in [1.165, 1.54) is 12.1 Å². The summed E-state index contributed by atoms with van der Waals surface area (Å²) in [5.41, 5.74) is 2.78. The second kappa shape index (κ2) is 7.95. The number of nitrogens with one attached hydrogen (secondary N) is 1. The standard InChI is InChI=1S/C22H22FN3O3/c1-14(29-18-5-3-4-16(23)12-18)22(27)26-11-10-19-20(25-13-24-19)21(26)15-6-8-17(28-2)9-7-15/h3-9,12-14,21H,10-11H2,1-2H3,(H,24,25)/t14-,21+/m0/s1. The monoisotopic (exact) mass is 395 g/mol. The highest BCUT2D eigenvalue weighted by atomic mass is 19.1. The molecule has 0 unspecified atom stereocenters. The second-order valence-corrected chi connectivity index (χ2v) is 6.94. The fourth-order valence-electron chi connectivity index (χ4n) is 3.67. The third-order valence-corrected chi connectivity index (χ3v) is 5.10. The fourth-order valence-corrected chi connectivity index (χ4v) is 3.67. The van der Waals surface area contributed by atoms with Crippen molar-refractivity contribution in [2.75, 3.05) is 13.7 Å². The van der Waals surface area contributed by atoms with Gasteiger partial charge >= 0.3 is 0 Å². The van der Waals surface area contributed by atoms with Crippen LogP contribution in [0.15, 0.2) is 54.9 Å². The van der Waals surface area contributed by atoms with E-state index in [9.17, 15) is 9.18 Å². The van der Waals surface area contributed by atoms with E-state index < -0.39 is 11.9 Å². The minimum Gasteiger partial charge on any atom is -0.497 e. The van der Waals surface area contributed by atoms with Crippen molar-refractivity contribution in [3.05, 3.63) is 77.6 Å². The van der Waals surface area contributed by atoms with Crippen molar-refractivity contribution in [2.45, 2.75) is 25.5 Å². The molecule has 6 nitrogen and oxygen atoms in total. The van der Waals surface area contributed by atoms with E-state index in [2.05, 4.69) is 9.97 Å². The van der Waals surface area contributed by atoms with Crippen LogP contribution >= 0.6 is 0 Å². The molecule has 7 heteroatoms. The molecule has 150 valence electrons. The molecule has 2 atom stereocenters. The van der Waals surface area contributed by atoms with Crippen LogP contribution in [0.5, 0.6) is 11.5 Å². The Morgan fingerprint density at radius 1 is 1.24 bits per heavy atom. The molecule has 1 N–H and O–H groups in total. The van der Waals surface area contributed by atoms with Crippen LogP contribution in [0.4, 0.5) is 4.39 Å². The number of carbonyl (C=O) groups is 1. The van der Waals surface area contributed by atoms with E-state index in [0.717, 1.165) is 22.7 Å². The first kappa shape index (κ1) is 19.0. The summed E-state index contributed by atoms with van der Waals surface area (Å²) in [6.45, 7) is 2.21. The summed E-state index contributed by atoms with van der Waals surface area (Å²) in [7, 11) is 1.61. The average molecular weight is 395 g/mol. The number of imidazole rings is 1. The molecule has 1 aliphatic heterocycles. The quantitative estimate of drug-likeness (QED) is 0.718. The SMILES string of the molecule is COc1ccc([C@@H]2c3nc[nH]c3CCN2C(=O)[C@H](C)Oc2cccc(F)c2)cc1. The third kappa shape index (κ3) is 3.81. The predicted octanol–water partition coefficient (Wildman–Crippen LogP) is 3.50. The zero-order valence-electron chi connectivity index (χ0n) is 16.3. The maximum atomic E-state index is 13.5. The first-order chi connectivity index (χ1) is 14.1. The van der Waals surface area contributed by atoms with Gasteiger partial charge in [0.2, 0.25) is 0 Å². The summed E-state index contributed by atoms with van der Waals surface area (Å²) in [6, 6.07) is 13.1. The van der Waals surface area contributed by atoms with Crippen molar-refractivity contribution in [1.29, 1.82) is 0 Å². The topological polar surface area (TPSA) is 67.5 Å². The molecule has 1 aromatic heterocycles. The number of rotatable bonds is 5. The van der Waals surface area contributed by atoms with Gasteiger partial charge in [0.25, 0.3) is 5.91 Å². The van der Waals surface area contributed by atoms with Crippen LogP contribution in [0.2, 0.25) is 0 Å². The van der Waals surface area contributed by atoms with Gasteiger partial charge < -0.3 is 19.4 Å². The van der Waals surface area contributed by atoms with Gasteiger partial charge in [-0.3, -0.25) is 4.79 Å². The van der Waals surface area contributed by atoms with Gasteiger partial charge in [0.15, 0.2) is 6.10 Å². The molecule has 1 aliphatic rings. The molecule has 2 aromatic carbocycles. The lowest BCUT2D eigenvalue weighted by molar-refractivity contribution is -0.140. The van der Waals surface area contributed by atoms with Gasteiger partial charge in [-0.2, -0.15) is 0 Å². The Bertz CT molecular complexity index is 1000. The number of aromatic nitrogens is 2. The van der Waals surface area contributed by atoms with E-state index in [0.29, 0.717) is 18.7 Å². The molecule has 2 heterocycles. The van der Waals surface area contributed by atoms with Crippen LogP contribution in [-0.4, -0.2) is 40.5 Å². The van der Waals surface area contributed by atoms with Crippen LogP contribution in [0.1, 0.15) is 29.9 Å². The number of amides is 1. The minimum absolute atomic E-state index is 0.177. The molecule has 0 radical (unpaired) electrons. The molecule has 4 rings (SSSR count). The molecule has 1 amide bonds. The van der Waals surface area contributed by atoms with Crippen LogP contribution < -0.4 is 9.47 Å². The van der Waals surface area contributed by atoms with Crippen molar-refractivity contribution in [3.8, 4) is 11.5 Å². The Labute approximate surface area is 168 Å². The highest BCUT2D eigenvalue weighted by Crippen LogP contribution is 2.34. The number of H-pyrrole nitrogens is 1. The predicted molar refractivity (Wildman–Crippen MR) is 105 cm³/mol. The number of aromatic amines is 1. The number of nitrogens with zero attached hydrogens (tertiary/aromatic N) is 2. The second-order valence-electron chi connectivity index (χ2n) is 6.94. The highest BCUT2D eigenvalue weighted by molar-refractivity contribution is 5.82. The van der Waals surface area contributed by atoms with Gasteiger partial charge in [-0.05, 0) is 36.8 Å². The van der Waals surface area contributed by atoms with E-state index >= 15 is 0 Å². The van der Waals surface area contributed by atoms with E-state index in [4.69, 9.17) is 9.47 Å². The number of methoxy groups -OCH3 is 1. The first-order valence-electron chi connectivity index (χ1n) is 9.45. The zero-order valence-corrected chi connectivity index (χ0v) is 16.3. The first-order valence-corrected chi connectivity index (χ1v) is 9.45. The van der Waals surface area contributed by atoms with Crippen molar-refractivity contribution in [1.82, 2.24) is 14.9 Å². The summed E-state index contributed by atoms with van der Waals surface area (Å²) in [5.74, 6) is 0.484. The largest absolute Gasteiger partial charge is 0.497 e. The van der Waals surface area contributed by atoms with Gasteiger partial charge in [-0.25, -0.2) is 9.37 Å². The van der Waals surface area contributed by atoms with Crippen molar-refractivity contribution < 1.29 is 18.7 Å². The lowest BCUT2D eigenvalue weighted by atomic mass is 9.95. The molecule has 0 spiro atoms. The molecule has 29 heavy (non-hydrogen) atoms. The number of hydrogen-bond acceptors (Lipinski definition) is 4. The Morgan fingerprint density at radius 2 is 2.03 bits per heavy atom. The van der Waals surface area contributed by atoms with Crippen LogP contribution in [0.25, 0.3) is 0 Å². The summed E-state index contributed by atoms with van der Waals surface area (Å²) >= 11 is 0. The van der Waals surface area contributed by atoms with Gasteiger partial charge in [0.05, 0.1) is 19.1 Å². The third-order valence-electron chi connectivity index (χ3n) is 5.10. The number of hydrogen-bond donors (Lipinski definition) is 1. The van der Waals surface area contributed by atoms with Crippen LogP contribution in [0.3, 0.4) is 0 Å². The fraction of sp³-hybridized carbons (Fsp3) is 0.273. The Balaban J connectivity index is 1.62. The van der Waals surface area contributed by atoms with Crippen molar-refractivity contribution in [3.63, 3.8) is 0 Å². The van der Waals surface area contributed by atoms with Gasteiger partial charge in [0.1, 0.15) is 23.4 Å².